The van der Waals surface area contributed by atoms with Crippen molar-refractivity contribution in [2.75, 3.05) is 12.4 Å². The molecule has 114 valence electrons. The highest BCUT2D eigenvalue weighted by Crippen LogP contribution is 2.23. The molecule has 0 spiro atoms. The van der Waals surface area contributed by atoms with Crippen LogP contribution in [-0.4, -0.2) is 20.8 Å². The summed E-state index contributed by atoms with van der Waals surface area (Å²) in [6.45, 7) is 8.39. The SMILES string of the molecule is Cc1ccc(S(=O)(=O)NCC(C)(C)CCCCl)cc1C. The standard InChI is InChI=1S/C15H24ClNO2S/c1-12-6-7-14(10-13(12)2)20(18,19)17-11-15(3,4)8-5-9-16/h6-7,10,17H,5,8-9,11H2,1-4H3. The summed E-state index contributed by atoms with van der Waals surface area (Å²) in [6.07, 6.45) is 1.78. The molecule has 0 amide bonds. The van der Waals surface area contributed by atoms with Crippen LogP contribution >= 0.6 is 11.6 Å². The van der Waals surface area contributed by atoms with Gasteiger partial charge < -0.3 is 0 Å². The lowest BCUT2D eigenvalue weighted by molar-refractivity contribution is 0.331. The van der Waals surface area contributed by atoms with Crippen LogP contribution in [0.25, 0.3) is 0 Å². The largest absolute Gasteiger partial charge is 0.240 e. The molecule has 1 aromatic rings. The Bertz CT molecular complexity index is 553. The van der Waals surface area contributed by atoms with Gasteiger partial charge >= 0.3 is 0 Å². The van der Waals surface area contributed by atoms with Crippen molar-refractivity contribution in [2.24, 2.45) is 5.41 Å². The molecule has 0 atom stereocenters. The van der Waals surface area contributed by atoms with Crippen molar-refractivity contribution >= 4 is 21.6 Å². The van der Waals surface area contributed by atoms with E-state index in [1.807, 2.05) is 33.8 Å². The number of alkyl halides is 1. The first-order valence-electron chi connectivity index (χ1n) is 6.81. The Morgan fingerprint density at radius 3 is 2.40 bits per heavy atom. The molecule has 5 heteroatoms. The molecular formula is C15H24ClNO2S. The average Bonchev–Trinajstić information content (AvgIpc) is 2.37. The molecule has 1 rings (SSSR count). The van der Waals surface area contributed by atoms with Gasteiger partial charge in [-0.05, 0) is 55.4 Å². The van der Waals surface area contributed by atoms with Crippen LogP contribution in [0.15, 0.2) is 23.1 Å². The van der Waals surface area contributed by atoms with Gasteiger partial charge in [-0.1, -0.05) is 19.9 Å². The minimum atomic E-state index is -3.44. The molecule has 0 bridgehead atoms. The van der Waals surface area contributed by atoms with E-state index in [2.05, 4.69) is 4.72 Å². The van der Waals surface area contributed by atoms with Gasteiger partial charge in [-0.3, -0.25) is 0 Å². The molecule has 0 saturated carbocycles. The van der Waals surface area contributed by atoms with Gasteiger partial charge in [-0.2, -0.15) is 0 Å². The van der Waals surface area contributed by atoms with Crippen LogP contribution in [0.2, 0.25) is 0 Å². The third kappa shape index (κ3) is 5.08. The van der Waals surface area contributed by atoms with Crippen LogP contribution in [0.1, 0.15) is 37.8 Å². The molecule has 0 radical (unpaired) electrons. The van der Waals surface area contributed by atoms with Gasteiger partial charge in [0, 0.05) is 12.4 Å². The van der Waals surface area contributed by atoms with E-state index < -0.39 is 10.0 Å². The van der Waals surface area contributed by atoms with Crippen LogP contribution in [0.4, 0.5) is 0 Å². The van der Waals surface area contributed by atoms with Crippen molar-refractivity contribution in [2.45, 2.75) is 45.4 Å². The number of sulfonamides is 1. The second kappa shape index (κ2) is 6.92. The molecule has 0 unspecified atom stereocenters. The van der Waals surface area contributed by atoms with Crippen LogP contribution in [0, 0.1) is 19.3 Å². The number of halogens is 1. The Morgan fingerprint density at radius 2 is 1.85 bits per heavy atom. The molecule has 0 aliphatic carbocycles. The van der Waals surface area contributed by atoms with Gasteiger partial charge in [0.2, 0.25) is 10.0 Å². The Hall–Kier alpha value is -0.580. The highest BCUT2D eigenvalue weighted by Gasteiger charge is 2.22. The number of hydrogen-bond donors (Lipinski definition) is 1. The number of rotatable bonds is 7. The van der Waals surface area contributed by atoms with Gasteiger partial charge in [0.15, 0.2) is 0 Å². The normalized spacial score (nSPS) is 12.7. The lowest BCUT2D eigenvalue weighted by Gasteiger charge is -2.24. The van der Waals surface area contributed by atoms with E-state index in [9.17, 15) is 8.42 Å². The summed E-state index contributed by atoms with van der Waals surface area (Å²) in [5.74, 6) is 0.605. The Morgan fingerprint density at radius 1 is 1.20 bits per heavy atom. The molecule has 0 aliphatic heterocycles. The predicted octanol–water partition coefficient (Wildman–Crippen LogP) is 3.63. The molecule has 0 aliphatic rings. The van der Waals surface area contributed by atoms with Crippen molar-refractivity contribution in [1.82, 2.24) is 4.72 Å². The molecule has 3 nitrogen and oxygen atoms in total. The summed E-state index contributed by atoms with van der Waals surface area (Å²) in [5, 5.41) is 0. The first-order chi connectivity index (χ1) is 9.18. The van der Waals surface area contributed by atoms with Crippen molar-refractivity contribution in [3.63, 3.8) is 0 Å². The predicted molar refractivity (Wildman–Crippen MR) is 84.8 cm³/mol. The first-order valence-corrected chi connectivity index (χ1v) is 8.83. The van der Waals surface area contributed by atoms with Gasteiger partial charge in [0.05, 0.1) is 4.90 Å². The smallest absolute Gasteiger partial charge is 0.211 e. The van der Waals surface area contributed by atoms with Gasteiger partial charge in [0.25, 0.3) is 0 Å². The van der Waals surface area contributed by atoms with E-state index in [-0.39, 0.29) is 5.41 Å². The van der Waals surface area contributed by atoms with Gasteiger partial charge in [-0.25, -0.2) is 13.1 Å². The van der Waals surface area contributed by atoms with E-state index in [0.29, 0.717) is 17.3 Å². The van der Waals surface area contributed by atoms with Crippen LogP contribution in [0.5, 0.6) is 0 Å². The number of hydrogen-bond acceptors (Lipinski definition) is 2. The minimum Gasteiger partial charge on any atom is -0.211 e. The van der Waals surface area contributed by atoms with E-state index in [4.69, 9.17) is 11.6 Å². The molecule has 20 heavy (non-hydrogen) atoms. The van der Waals surface area contributed by atoms with Crippen LogP contribution in [-0.2, 0) is 10.0 Å². The summed E-state index contributed by atoms with van der Waals surface area (Å²) >= 11 is 5.69. The topological polar surface area (TPSA) is 46.2 Å². The Kier molecular flexibility index (Phi) is 6.05. The average molecular weight is 318 g/mol. The number of benzene rings is 1. The second-order valence-electron chi connectivity index (χ2n) is 6.03. The summed E-state index contributed by atoms with van der Waals surface area (Å²) in [4.78, 5) is 0.328. The quantitative estimate of drug-likeness (QED) is 0.781. The second-order valence-corrected chi connectivity index (χ2v) is 8.17. The molecule has 0 aromatic heterocycles. The highest BCUT2D eigenvalue weighted by atomic mass is 35.5. The maximum Gasteiger partial charge on any atom is 0.240 e. The Labute approximate surface area is 127 Å². The monoisotopic (exact) mass is 317 g/mol. The minimum absolute atomic E-state index is 0.0955. The van der Waals surface area contributed by atoms with E-state index in [0.717, 1.165) is 24.0 Å². The molecule has 0 saturated heterocycles. The van der Waals surface area contributed by atoms with Gasteiger partial charge in [-0.15, -0.1) is 11.6 Å². The summed E-state index contributed by atoms with van der Waals surface area (Å²) in [6, 6.07) is 5.20. The van der Waals surface area contributed by atoms with Crippen LogP contribution in [0.3, 0.4) is 0 Å². The lowest BCUT2D eigenvalue weighted by atomic mass is 9.88. The van der Waals surface area contributed by atoms with Crippen molar-refractivity contribution in [3.8, 4) is 0 Å². The molecule has 0 heterocycles. The fourth-order valence-corrected chi connectivity index (χ4v) is 3.35. The van der Waals surface area contributed by atoms with Crippen molar-refractivity contribution in [1.29, 1.82) is 0 Å². The summed E-state index contributed by atoms with van der Waals surface area (Å²) in [7, 11) is -3.44. The van der Waals surface area contributed by atoms with Crippen molar-refractivity contribution < 1.29 is 8.42 Å². The van der Waals surface area contributed by atoms with E-state index >= 15 is 0 Å². The highest BCUT2D eigenvalue weighted by molar-refractivity contribution is 7.89. The zero-order valence-corrected chi connectivity index (χ0v) is 14.2. The maximum atomic E-state index is 12.3. The third-order valence-electron chi connectivity index (χ3n) is 3.52. The Balaban J connectivity index is 2.77. The lowest BCUT2D eigenvalue weighted by Crippen LogP contribution is -2.34. The summed E-state index contributed by atoms with van der Waals surface area (Å²) < 4.78 is 27.3. The molecular weight excluding hydrogens is 294 g/mol. The van der Waals surface area contributed by atoms with Crippen molar-refractivity contribution in [3.05, 3.63) is 29.3 Å². The van der Waals surface area contributed by atoms with E-state index in [1.165, 1.54) is 0 Å². The molecule has 1 aromatic carbocycles. The van der Waals surface area contributed by atoms with Crippen LogP contribution < -0.4 is 4.72 Å². The molecule has 0 fully saturated rings. The fraction of sp³-hybridized carbons (Fsp3) is 0.600. The summed E-state index contributed by atoms with van der Waals surface area (Å²) in [5.41, 5.74) is 1.97. The fourth-order valence-electron chi connectivity index (χ4n) is 1.89. The number of aryl methyl sites for hydroxylation is 2. The first kappa shape index (κ1) is 17.5. The maximum absolute atomic E-state index is 12.3. The third-order valence-corrected chi connectivity index (χ3v) is 5.18. The van der Waals surface area contributed by atoms with Gasteiger partial charge in [0.1, 0.15) is 0 Å². The number of nitrogens with one attached hydrogen (secondary N) is 1. The zero-order valence-electron chi connectivity index (χ0n) is 12.7. The van der Waals surface area contributed by atoms with E-state index in [1.54, 1.807) is 12.1 Å². The molecule has 1 N–H and O–H groups in total. The zero-order chi connectivity index (χ0) is 15.4.